The fourth-order valence-corrected chi connectivity index (χ4v) is 2.42. The average molecular weight is 261 g/mol. The Morgan fingerprint density at radius 1 is 1.42 bits per heavy atom. The van der Waals surface area contributed by atoms with E-state index in [0.717, 1.165) is 25.2 Å². The van der Waals surface area contributed by atoms with Gasteiger partial charge in [-0.3, -0.25) is 4.79 Å². The quantitative estimate of drug-likeness (QED) is 0.859. The molecule has 1 aliphatic rings. The minimum Gasteiger partial charge on any atom is -0.332 e. The van der Waals surface area contributed by atoms with Crippen LogP contribution >= 0.6 is 0 Å². The van der Waals surface area contributed by atoms with E-state index in [1.165, 1.54) is 5.56 Å². The van der Waals surface area contributed by atoms with Crippen molar-refractivity contribution in [1.82, 2.24) is 10.2 Å². The molecule has 1 saturated heterocycles. The molecule has 4 nitrogen and oxygen atoms in total. The molecular formula is C15H23N3O. The van der Waals surface area contributed by atoms with Gasteiger partial charge in [-0.15, -0.1) is 0 Å². The third kappa shape index (κ3) is 3.14. The van der Waals surface area contributed by atoms with Crippen molar-refractivity contribution in [1.29, 1.82) is 0 Å². The Balaban J connectivity index is 2.13. The lowest BCUT2D eigenvalue weighted by Gasteiger charge is -2.35. The predicted octanol–water partition coefficient (Wildman–Crippen LogP) is 1.18. The molecule has 1 heterocycles. The molecule has 3 N–H and O–H groups in total. The molecule has 1 unspecified atom stereocenters. The van der Waals surface area contributed by atoms with E-state index in [0.29, 0.717) is 12.5 Å². The van der Waals surface area contributed by atoms with Gasteiger partial charge in [-0.25, -0.2) is 0 Å². The summed E-state index contributed by atoms with van der Waals surface area (Å²) in [5.74, 6) is 0.576. The van der Waals surface area contributed by atoms with Crippen molar-refractivity contribution in [3.8, 4) is 0 Å². The minimum absolute atomic E-state index is 0.0901. The monoisotopic (exact) mass is 261 g/mol. The molecule has 1 aromatic rings. The zero-order chi connectivity index (χ0) is 13.8. The lowest BCUT2D eigenvalue weighted by molar-refractivity contribution is 0.0645. The van der Waals surface area contributed by atoms with Crippen LogP contribution in [0.25, 0.3) is 0 Å². The molecule has 1 aliphatic heterocycles. The van der Waals surface area contributed by atoms with E-state index in [4.69, 9.17) is 5.73 Å². The first-order valence-corrected chi connectivity index (χ1v) is 6.95. The molecule has 4 heteroatoms. The zero-order valence-corrected chi connectivity index (χ0v) is 11.7. The van der Waals surface area contributed by atoms with Crippen LogP contribution in [0.15, 0.2) is 24.3 Å². The largest absolute Gasteiger partial charge is 0.332 e. The van der Waals surface area contributed by atoms with Crippen LogP contribution in [0.5, 0.6) is 0 Å². The van der Waals surface area contributed by atoms with Crippen LogP contribution in [0.2, 0.25) is 0 Å². The van der Waals surface area contributed by atoms with Crippen molar-refractivity contribution >= 4 is 5.91 Å². The number of nitrogens with zero attached hydrogens (tertiary/aromatic N) is 1. The highest BCUT2D eigenvalue weighted by atomic mass is 16.2. The van der Waals surface area contributed by atoms with Gasteiger partial charge in [0.15, 0.2) is 0 Å². The van der Waals surface area contributed by atoms with Crippen LogP contribution in [-0.4, -0.2) is 43.0 Å². The van der Waals surface area contributed by atoms with Crippen LogP contribution < -0.4 is 11.1 Å². The van der Waals surface area contributed by atoms with E-state index in [9.17, 15) is 4.79 Å². The van der Waals surface area contributed by atoms with Crippen LogP contribution in [-0.2, 0) is 0 Å². The average Bonchev–Trinajstić information content (AvgIpc) is 2.46. The van der Waals surface area contributed by atoms with Gasteiger partial charge in [0.2, 0.25) is 0 Å². The summed E-state index contributed by atoms with van der Waals surface area (Å²) in [6, 6.07) is 8.03. The number of rotatable bonds is 3. The van der Waals surface area contributed by atoms with Crippen LogP contribution in [0.4, 0.5) is 0 Å². The lowest BCUT2D eigenvalue weighted by atomic mass is 10.0. The molecule has 104 valence electrons. The fourth-order valence-electron chi connectivity index (χ4n) is 2.42. The standard InChI is InChI=1S/C15H23N3O/c1-11(2)12-3-5-13(6-4-12)15(19)18-8-7-17-10-14(18)9-16/h3-6,11,14,17H,7-10,16H2,1-2H3. The first-order valence-electron chi connectivity index (χ1n) is 6.95. The number of carbonyl (C=O) groups excluding carboxylic acids is 1. The number of nitrogens with two attached hydrogens (primary N) is 1. The maximum absolute atomic E-state index is 12.5. The molecule has 0 aromatic heterocycles. The van der Waals surface area contributed by atoms with Crippen molar-refractivity contribution in [2.45, 2.75) is 25.8 Å². The number of hydrogen-bond acceptors (Lipinski definition) is 3. The van der Waals surface area contributed by atoms with Gasteiger partial charge in [0, 0.05) is 31.7 Å². The van der Waals surface area contributed by atoms with Crippen molar-refractivity contribution in [3.63, 3.8) is 0 Å². The molecule has 0 bridgehead atoms. The number of nitrogens with one attached hydrogen (secondary N) is 1. The van der Waals surface area contributed by atoms with E-state index >= 15 is 0 Å². The van der Waals surface area contributed by atoms with Crippen LogP contribution in [0, 0.1) is 0 Å². The van der Waals surface area contributed by atoms with E-state index in [-0.39, 0.29) is 11.9 Å². The van der Waals surface area contributed by atoms with Gasteiger partial charge in [-0.05, 0) is 23.6 Å². The molecule has 0 radical (unpaired) electrons. The van der Waals surface area contributed by atoms with Crippen LogP contribution in [0.3, 0.4) is 0 Å². The van der Waals surface area contributed by atoms with Crippen molar-refractivity contribution in [3.05, 3.63) is 35.4 Å². The second-order valence-corrected chi connectivity index (χ2v) is 5.37. The number of piperazine rings is 1. The van der Waals surface area contributed by atoms with Crippen molar-refractivity contribution < 1.29 is 4.79 Å². The molecule has 2 rings (SSSR count). The highest BCUT2D eigenvalue weighted by Gasteiger charge is 2.26. The van der Waals surface area contributed by atoms with E-state index in [1.54, 1.807) is 0 Å². The second-order valence-electron chi connectivity index (χ2n) is 5.37. The summed E-state index contributed by atoms with van der Waals surface area (Å²) < 4.78 is 0. The van der Waals surface area contributed by atoms with Crippen molar-refractivity contribution in [2.75, 3.05) is 26.2 Å². The summed E-state index contributed by atoms with van der Waals surface area (Å²) in [6.45, 7) is 7.16. The summed E-state index contributed by atoms with van der Waals surface area (Å²) in [7, 11) is 0. The summed E-state index contributed by atoms with van der Waals surface area (Å²) >= 11 is 0. The molecule has 0 aliphatic carbocycles. The molecule has 1 fully saturated rings. The molecule has 1 atom stereocenters. The smallest absolute Gasteiger partial charge is 0.254 e. The second kappa shape index (κ2) is 6.17. The Hall–Kier alpha value is -1.39. The Morgan fingerprint density at radius 2 is 2.11 bits per heavy atom. The molecule has 1 aromatic carbocycles. The van der Waals surface area contributed by atoms with E-state index in [1.807, 2.05) is 29.2 Å². The van der Waals surface area contributed by atoms with Gasteiger partial charge in [-0.1, -0.05) is 26.0 Å². The summed E-state index contributed by atoms with van der Waals surface area (Å²) in [6.07, 6.45) is 0. The minimum atomic E-state index is 0.0901. The zero-order valence-electron chi connectivity index (χ0n) is 11.7. The lowest BCUT2D eigenvalue weighted by Crippen LogP contribution is -2.56. The predicted molar refractivity (Wildman–Crippen MR) is 77.3 cm³/mol. The molecule has 19 heavy (non-hydrogen) atoms. The van der Waals surface area contributed by atoms with Gasteiger partial charge in [0.05, 0.1) is 6.04 Å². The van der Waals surface area contributed by atoms with Gasteiger partial charge < -0.3 is 16.0 Å². The SMILES string of the molecule is CC(C)c1ccc(C(=O)N2CCNCC2CN)cc1. The third-order valence-electron chi connectivity index (χ3n) is 3.71. The number of amides is 1. The number of benzene rings is 1. The normalized spacial score (nSPS) is 19.8. The first-order chi connectivity index (χ1) is 9.13. The first kappa shape index (κ1) is 14.0. The molecular weight excluding hydrogens is 238 g/mol. The Morgan fingerprint density at radius 3 is 2.68 bits per heavy atom. The van der Waals surface area contributed by atoms with Crippen LogP contribution in [0.1, 0.15) is 35.7 Å². The summed E-state index contributed by atoms with van der Waals surface area (Å²) in [5, 5.41) is 3.27. The Kier molecular flexibility index (Phi) is 4.56. The Bertz CT molecular complexity index is 428. The van der Waals surface area contributed by atoms with Gasteiger partial charge in [0.1, 0.15) is 0 Å². The van der Waals surface area contributed by atoms with Gasteiger partial charge in [-0.2, -0.15) is 0 Å². The maximum Gasteiger partial charge on any atom is 0.254 e. The number of carbonyl (C=O) groups is 1. The molecule has 1 amide bonds. The maximum atomic E-state index is 12.5. The Labute approximate surface area is 115 Å². The third-order valence-corrected chi connectivity index (χ3v) is 3.71. The molecule has 0 saturated carbocycles. The highest BCUT2D eigenvalue weighted by molar-refractivity contribution is 5.94. The fraction of sp³-hybridized carbons (Fsp3) is 0.533. The highest BCUT2D eigenvalue weighted by Crippen LogP contribution is 2.16. The summed E-state index contributed by atoms with van der Waals surface area (Å²) in [4.78, 5) is 14.4. The van der Waals surface area contributed by atoms with E-state index < -0.39 is 0 Å². The summed E-state index contributed by atoms with van der Waals surface area (Å²) in [5.41, 5.74) is 7.75. The van der Waals surface area contributed by atoms with Crippen molar-refractivity contribution in [2.24, 2.45) is 5.73 Å². The number of hydrogen-bond donors (Lipinski definition) is 2. The topological polar surface area (TPSA) is 58.4 Å². The van der Waals surface area contributed by atoms with Gasteiger partial charge >= 0.3 is 0 Å². The van der Waals surface area contributed by atoms with Gasteiger partial charge in [0.25, 0.3) is 5.91 Å². The van der Waals surface area contributed by atoms with E-state index in [2.05, 4.69) is 19.2 Å². The molecule has 0 spiro atoms.